The van der Waals surface area contributed by atoms with Gasteiger partial charge >= 0.3 is 5.97 Å². The van der Waals surface area contributed by atoms with E-state index in [-0.39, 0.29) is 23.8 Å². The van der Waals surface area contributed by atoms with Crippen LogP contribution in [0.15, 0.2) is 60.7 Å². The van der Waals surface area contributed by atoms with Crippen molar-refractivity contribution < 1.29 is 19.1 Å². The minimum absolute atomic E-state index is 0.155. The summed E-state index contributed by atoms with van der Waals surface area (Å²) in [5, 5.41) is 6.64. The molecule has 2 N–H and O–H groups in total. The lowest BCUT2D eigenvalue weighted by atomic mass is 10.0. The first-order chi connectivity index (χ1) is 18.8. The molecule has 1 unspecified atom stereocenters. The lowest BCUT2D eigenvalue weighted by Gasteiger charge is -2.25. The summed E-state index contributed by atoms with van der Waals surface area (Å²) in [5.74, 6) is -0.613. The Morgan fingerprint density at radius 2 is 1.77 bits per heavy atom. The van der Waals surface area contributed by atoms with Crippen molar-refractivity contribution in [3.05, 3.63) is 93.5 Å². The van der Waals surface area contributed by atoms with E-state index in [1.807, 2.05) is 44.2 Å². The number of hydrogen-bond acceptors (Lipinski definition) is 5. The van der Waals surface area contributed by atoms with E-state index in [0.717, 1.165) is 36.1 Å². The van der Waals surface area contributed by atoms with E-state index < -0.39 is 6.10 Å². The predicted octanol–water partition coefficient (Wildman–Crippen LogP) is 5.99. The quantitative estimate of drug-likeness (QED) is 0.385. The molecule has 2 aliphatic rings. The number of anilines is 2. The first-order valence-electron chi connectivity index (χ1n) is 13.3. The molecule has 2 amide bonds. The number of nitrogens with one attached hydrogen (secondary N) is 2. The van der Waals surface area contributed by atoms with Crippen LogP contribution >= 0.6 is 11.6 Å². The molecule has 2 heterocycles. The molecule has 0 bridgehead atoms. The minimum atomic E-state index is -0.480. The Labute approximate surface area is 233 Å². The molecule has 0 saturated carbocycles. The number of rotatable bonds is 5. The molecule has 8 heteroatoms. The fourth-order valence-electron chi connectivity index (χ4n) is 5.33. The van der Waals surface area contributed by atoms with Crippen LogP contribution in [0, 0.1) is 13.8 Å². The van der Waals surface area contributed by atoms with Crippen molar-refractivity contribution in [2.24, 2.45) is 0 Å². The zero-order valence-corrected chi connectivity index (χ0v) is 22.9. The number of hydrogen-bond donors (Lipinski definition) is 2. The SMILES string of the molecule is Cc1ccccc1C(=O)Nc1ccc(C(=O)N2CCCC(OC(=O)[C@@H]3CCCN3)c3cc(Cl)ccc32)c(C)c1. The van der Waals surface area contributed by atoms with Gasteiger partial charge in [-0.15, -0.1) is 0 Å². The van der Waals surface area contributed by atoms with E-state index >= 15 is 0 Å². The zero-order valence-electron chi connectivity index (χ0n) is 22.1. The average molecular weight is 546 g/mol. The highest BCUT2D eigenvalue weighted by molar-refractivity contribution is 6.30. The van der Waals surface area contributed by atoms with Crippen molar-refractivity contribution in [2.75, 3.05) is 23.3 Å². The van der Waals surface area contributed by atoms with E-state index in [0.29, 0.717) is 46.9 Å². The molecule has 0 spiro atoms. The molecule has 1 fully saturated rings. The fraction of sp³-hybridized carbons (Fsp3) is 0.323. The number of benzene rings is 3. The molecule has 202 valence electrons. The number of fused-ring (bicyclic) bond motifs is 1. The summed E-state index contributed by atoms with van der Waals surface area (Å²) in [7, 11) is 0. The van der Waals surface area contributed by atoms with Crippen LogP contribution in [-0.2, 0) is 9.53 Å². The van der Waals surface area contributed by atoms with Crippen molar-refractivity contribution in [2.45, 2.75) is 51.7 Å². The maximum atomic E-state index is 13.8. The van der Waals surface area contributed by atoms with E-state index in [1.54, 1.807) is 35.2 Å². The van der Waals surface area contributed by atoms with Gasteiger partial charge in [0.2, 0.25) is 0 Å². The van der Waals surface area contributed by atoms with Crippen LogP contribution < -0.4 is 15.5 Å². The number of carbonyl (C=O) groups excluding carboxylic acids is 3. The number of halogens is 1. The van der Waals surface area contributed by atoms with Crippen molar-refractivity contribution in [1.82, 2.24) is 5.32 Å². The van der Waals surface area contributed by atoms with Gasteiger partial charge in [0.15, 0.2) is 0 Å². The van der Waals surface area contributed by atoms with Gasteiger partial charge in [0.05, 0.1) is 5.69 Å². The number of aryl methyl sites for hydroxylation is 2. The summed E-state index contributed by atoms with van der Waals surface area (Å²) < 4.78 is 5.95. The van der Waals surface area contributed by atoms with Gasteiger partial charge in [0.1, 0.15) is 12.1 Å². The second-order valence-electron chi connectivity index (χ2n) is 10.2. The first-order valence-corrected chi connectivity index (χ1v) is 13.7. The van der Waals surface area contributed by atoms with Crippen molar-refractivity contribution in [3.8, 4) is 0 Å². The Morgan fingerprint density at radius 3 is 2.51 bits per heavy atom. The molecule has 2 aliphatic heterocycles. The third-order valence-electron chi connectivity index (χ3n) is 7.43. The van der Waals surface area contributed by atoms with Gasteiger partial charge in [0.25, 0.3) is 11.8 Å². The summed E-state index contributed by atoms with van der Waals surface area (Å²) >= 11 is 6.35. The van der Waals surface area contributed by atoms with Crippen LogP contribution in [0.3, 0.4) is 0 Å². The van der Waals surface area contributed by atoms with E-state index in [2.05, 4.69) is 10.6 Å². The zero-order chi connectivity index (χ0) is 27.5. The maximum absolute atomic E-state index is 13.8. The molecule has 0 aliphatic carbocycles. The van der Waals surface area contributed by atoms with Gasteiger partial charge in [-0.2, -0.15) is 0 Å². The normalized spacial score (nSPS) is 18.7. The fourth-order valence-corrected chi connectivity index (χ4v) is 5.51. The molecule has 1 saturated heterocycles. The van der Waals surface area contributed by atoms with Crippen LogP contribution in [0.4, 0.5) is 11.4 Å². The molecule has 5 rings (SSSR count). The summed E-state index contributed by atoms with van der Waals surface area (Å²) in [6.45, 7) is 5.04. The second-order valence-corrected chi connectivity index (χ2v) is 10.6. The third kappa shape index (κ3) is 5.84. The summed E-state index contributed by atoms with van der Waals surface area (Å²) in [5.41, 5.74) is 4.83. The first kappa shape index (κ1) is 26.9. The summed E-state index contributed by atoms with van der Waals surface area (Å²) in [6.07, 6.45) is 2.49. The van der Waals surface area contributed by atoms with Crippen LogP contribution in [-0.4, -0.2) is 36.9 Å². The van der Waals surface area contributed by atoms with Gasteiger partial charge < -0.3 is 20.3 Å². The third-order valence-corrected chi connectivity index (χ3v) is 7.66. The van der Waals surface area contributed by atoms with E-state index in [4.69, 9.17) is 16.3 Å². The molecule has 39 heavy (non-hydrogen) atoms. The van der Waals surface area contributed by atoms with Crippen LogP contribution in [0.2, 0.25) is 5.02 Å². The van der Waals surface area contributed by atoms with Crippen LogP contribution in [0.5, 0.6) is 0 Å². The maximum Gasteiger partial charge on any atom is 0.323 e. The Hall–Kier alpha value is -3.68. The van der Waals surface area contributed by atoms with Gasteiger partial charge in [-0.3, -0.25) is 14.4 Å². The predicted molar refractivity (Wildman–Crippen MR) is 153 cm³/mol. The van der Waals surface area contributed by atoms with Gasteiger partial charge in [0, 0.05) is 33.9 Å². The Kier molecular flexibility index (Phi) is 8.00. The van der Waals surface area contributed by atoms with Crippen LogP contribution in [0.25, 0.3) is 0 Å². The molecule has 3 aromatic rings. The number of nitrogens with zero attached hydrogens (tertiary/aromatic N) is 1. The highest BCUT2D eigenvalue weighted by Crippen LogP contribution is 2.38. The highest BCUT2D eigenvalue weighted by atomic mass is 35.5. The number of ether oxygens (including phenoxy) is 1. The Bertz CT molecular complexity index is 1420. The van der Waals surface area contributed by atoms with E-state index in [1.165, 1.54) is 0 Å². The van der Waals surface area contributed by atoms with Crippen molar-refractivity contribution in [1.29, 1.82) is 0 Å². The molecular formula is C31H32ClN3O4. The lowest BCUT2D eigenvalue weighted by Crippen LogP contribution is -2.33. The van der Waals surface area contributed by atoms with Crippen LogP contribution in [0.1, 0.15) is 69.2 Å². The largest absolute Gasteiger partial charge is 0.456 e. The molecular weight excluding hydrogens is 514 g/mol. The van der Waals surface area contributed by atoms with E-state index in [9.17, 15) is 14.4 Å². The van der Waals surface area contributed by atoms with Gasteiger partial charge in [-0.25, -0.2) is 0 Å². The second kappa shape index (κ2) is 11.6. The van der Waals surface area contributed by atoms with Crippen molar-refractivity contribution >= 4 is 40.8 Å². The number of carbonyl (C=O) groups is 3. The summed E-state index contributed by atoms with van der Waals surface area (Å²) in [6, 6.07) is 17.8. The molecule has 0 aromatic heterocycles. The Balaban J connectivity index is 1.37. The number of amides is 2. The molecule has 2 atom stereocenters. The minimum Gasteiger partial charge on any atom is -0.456 e. The van der Waals surface area contributed by atoms with Gasteiger partial charge in [-0.05, 0) is 99.7 Å². The average Bonchev–Trinajstić information content (AvgIpc) is 3.40. The molecule has 0 radical (unpaired) electrons. The highest BCUT2D eigenvalue weighted by Gasteiger charge is 2.32. The summed E-state index contributed by atoms with van der Waals surface area (Å²) in [4.78, 5) is 41.1. The van der Waals surface area contributed by atoms with Gasteiger partial charge in [-0.1, -0.05) is 29.8 Å². The topological polar surface area (TPSA) is 87.7 Å². The standard InChI is InChI=1S/C31H32ClN3O4/c1-19-7-3-4-8-23(19)29(36)34-22-12-13-24(20(2)17-22)30(37)35-16-6-10-28(25-18-21(32)11-14-27(25)35)39-31(38)26-9-5-15-33-26/h3-4,7-8,11-14,17-18,26,28,33H,5-6,9-10,15-16H2,1-2H3,(H,34,36)/t26-,28?/m0/s1. The monoisotopic (exact) mass is 545 g/mol. The smallest absolute Gasteiger partial charge is 0.323 e. The Morgan fingerprint density at radius 1 is 0.949 bits per heavy atom. The number of esters is 1. The van der Waals surface area contributed by atoms with Crippen molar-refractivity contribution in [3.63, 3.8) is 0 Å². The molecule has 3 aromatic carbocycles. The lowest BCUT2D eigenvalue weighted by molar-refractivity contribution is -0.152. The molecule has 7 nitrogen and oxygen atoms in total.